The number of nitrogens with one attached hydrogen (secondary N) is 2. The molecule has 9 heteroatoms. The van der Waals surface area contributed by atoms with E-state index in [0.717, 1.165) is 47.9 Å². The summed E-state index contributed by atoms with van der Waals surface area (Å²) in [5, 5.41) is 6.47. The summed E-state index contributed by atoms with van der Waals surface area (Å²) in [5.74, 6) is 0.500. The molecule has 3 rings (SSSR count). The third-order valence-electron chi connectivity index (χ3n) is 9.42. The number of carbonyl (C=O) groups is 2. The number of amides is 2. The second kappa shape index (κ2) is 19.2. The van der Waals surface area contributed by atoms with Gasteiger partial charge in [0, 0.05) is 23.6 Å². The molecule has 0 aliphatic heterocycles. The van der Waals surface area contributed by atoms with Crippen LogP contribution in [-0.4, -0.2) is 33.5 Å². The lowest BCUT2D eigenvalue weighted by molar-refractivity contribution is -0.116. The van der Waals surface area contributed by atoms with Crippen LogP contribution in [0.1, 0.15) is 97.1 Å². The second-order valence-corrected chi connectivity index (χ2v) is 19.5. The number of carbonyl (C=O) groups excluding carboxylic acids is 2. The Balaban J connectivity index is 1.63. The van der Waals surface area contributed by atoms with Crippen LogP contribution in [0.2, 0.25) is 23.2 Å². The predicted octanol–water partition coefficient (Wildman–Crippen LogP) is 11.8. The van der Waals surface area contributed by atoms with Gasteiger partial charge in [-0.1, -0.05) is 102 Å². The largest absolute Gasteiger partial charge is 0.496 e. The van der Waals surface area contributed by atoms with Crippen molar-refractivity contribution in [2.24, 2.45) is 0 Å². The molecule has 1 atom stereocenters. The zero-order chi connectivity index (χ0) is 36.0. The van der Waals surface area contributed by atoms with Crippen LogP contribution in [-0.2, 0) is 27.0 Å². The molecule has 0 spiro atoms. The van der Waals surface area contributed by atoms with Gasteiger partial charge in [-0.3, -0.25) is 10.1 Å². The van der Waals surface area contributed by atoms with Crippen molar-refractivity contribution in [3.8, 4) is 16.9 Å². The number of hydrogen-bond donors (Lipinski definition) is 2. The monoisotopic (exact) mass is 708 g/mol. The van der Waals surface area contributed by atoms with Gasteiger partial charge < -0.3 is 19.2 Å². The first-order valence-corrected chi connectivity index (χ1v) is 21.0. The smallest absolute Gasteiger partial charge is 0.411 e. The first-order valence-electron chi connectivity index (χ1n) is 17.7. The van der Waals surface area contributed by atoms with E-state index in [4.69, 9.17) is 25.5 Å². The van der Waals surface area contributed by atoms with Gasteiger partial charge in [-0.05, 0) is 79.6 Å². The second-order valence-electron chi connectivity index (χ2n) is 14.3. The molecule has 0 saturated carbocycles. The Kier molecular flexibility index (Phi) is 15.7. The number of methoxy groups -OCH3 is 1. The Morgan fingerprint density at radius 3 is 2.29 bits per heavy atom. The highest BCUT2D eigenvalue weighted by molar-refractivity contribution is 6.74. The van der Waals surface area contributed by atoms with Gasteiger partial charge in [-0.15, -0.1) is 0 Å². The molecule has 1 unspecified atom stereocenters. The van der Waals surface area contributed by atoms with Gasteiger partial charge in [0.25, 0.3) is 0 Å². The number of benzene rings is 3. The lowest BCUT2D eigenvalue weighted by Crippen LogP contribution is -2.40. The van der Waals surface area contributed by atoms with Gasteiger partial charge in [0.1, 0.15) is 11.9 Å². The molecule has 3 aromatic carbocycles. The van der Waals surface area contributed by atoms with Gasteiger partial charge >= 0.3 is 6.09 Å². The molecule has 0 bridgehead atoms. The molecule has 0 aliphatic rings. The SMILES string of the molecule is CCCCCCC(CC)OC(=O)Nc1ccc(CCCC(=O)Nc2cc(OC)c(CO[Si](C)(C)C(C)(C)C)cc2Cl)cc1-c1ccccc1. The maximum Gasteiger partial charge on any atom is 0.411 e. The van der Waals surface area contributed by atoms with E-state index < -0.39 is 14.4 Å². The molecule has 49 heavy (non-hydrogen) atoms. The highest BCUT2D eigenvalue weighted by atomic mass is 35.5. The van der Waals surface area contributed by atoms with Crippen LogP contribution >= 0.6 is 11.6 Å². The minimum atomic E-state index is -1.96. The quantitative estimate of drug-likeness (QED) is 0.101. The van der Waals surface area contributed by atoms with Crippen molar-refractivity contribution < 1.29 is 23.5 Å². The number of hydrogen-bond acceptors (Lipinski definition) is 5. The number of rotatable bonds is 18. The molecule has 2 N–H and O–H groups in total. The first kappa shape index (κ1) is 40.1. The van der Waals surface area contributed by atoms with E-state index in [1.165, 1.54) is 12.8 Å². The van der Waals surface area contributed by atoms with Crippen LogP contribution in [0, 0.1) is 0 Å². The van der Waals surface area contributed by atoms with E-state index in [2.05, 4.69) is 64.4 Å². The molecular weight excluding hydrogens is 652 g/mol. The summed E-state index contributed by atoms with van der Waals surface area (Å²) in [6, 6.07) is 19.5. The van der Waals surface area contributed by atoms with Crippen molar-refractivity contribution >= 4 is 43.3 Å². The third-order valence-corrected chi connectivity index (χ3v) is 14.2. The van der Waals surface area contributed by atoms with E-state index in [0.29, 0.717) is 48.0 Å². The molecule has 268 valence electrons. The van der Waals surface area contributed by atoms with Crippen LogP contribution in [0.25, 0.3) is 11.1 Å². The summed E-state index contributed by atoms with van der Waals surface area (Å²) in [6.45, 7) is 15.7. The molecule has 3 aromatic rings. The molecule has 0 radical (unpaired) electrons. The van der Waals surface area contributed by atoms with Crippen molar-refractivity contribution in [1.82, 2.24) is 0 Å². The molecular formula is C40H57ClN2O5Si. The van der Waals surface area contributed by atoms with Gasteiger partial charge in [0.05, 0.1) is 30.1 Å². The minimum Gasteiger partial charge on any atom is -0.496 e. The van der Waals surface area contributed by atoms with Gasteiger partial charge in [-0.2, -0.15) is 0 Å². The highest BCUT2D eigenvalue weighted by Gasteiger charge is 2.37. The molecule has 0 saturated heterocycles. The average Bonchev–Trinajstić information content (AvgIpc) is 3.06. The van der Waals surface area contributed by atoms with Gasteiger partial charge in [0.15, 0.2) is 8.32 Å². The van der Waals surface area contributed by atoms with Crippen LogP contribution in [0.5, 0.6) is 5.75 Å². The number of anilines is 2. The Bertz CT molecular complexity index is 1510. The number of aryl methyl sites for hydroxylation is 1. The standard InChI is InChI=1S/C40H57ClN2O5Si/c1-9-11-12-16-21-32(10-2)48-39(45)43-35-24-23-29(25-33(35)30-19-14-13-15-20-30)18-17-22-38(44)42-36-27-37(46-6)31(26-34(36)41)28-47-49(7,8)40(3,4)5/h13-15,19-20,23-27,32H,9-12,16-18,21-22,28H2,1-8H3,(H,42,44)(H,43,45). The lowest BCUT2D eigenvalue weighted by atomic mass is 9.98. The highest BCUT2D eigenvalue weighted by Crippen LogP contribution is 2.39. The van der Waals surface area contributed by atoms with E-state index >= 15 is 0 Å². The summed E-state index contributed by atoms with van der Waals surface area (Å²) in [7, 11) is -0.357. The summed E-state index contributed by atoms with van der Waals surface area (Å²) < 4.78 is 17.8. The maximum absolute atomic E-state index is 13.0. The van der Waals surface area contributed by atoms with Crippen LogP contribution in [0.3, 0.4) is 0 Å². The third kappa shape index (κ3) is 12.5. The van der Waals surface area contributed by atoms with Crippen LogP contribution < -0.4 is 15.4 Å². The van der Waals surface area contributed by atoms with Crippen LogP contribution in [0.4, 0.5) is 16.2 Å². The van der Waals surface area contributed by atoms with Gasteiger partial charge in [0.2, 0.25) is 5.91 Å². The Labute approximate surface area is 300 Å². The number of halogens is 1. The summed E-state index contributed by atoms with van der Waals surface area (Å²) in [4.78, 5) is 25.9. The molecule has 0 aromatic heterocycles. The molecule has 0 fully saturated rings. The average molecular weight is 709 g/mol. The number of ether oxygens (including phenoxy) is 2. The van der Waals surface area contributed by atoms with Crippen molar-refractivity contribution in [3.63, 3.8) is 0 Å². The van der Waals surface area contributed by atoms with Crippen LogP contribution in [0.15, 0.2) is 60.7 Å². The summed E-state index contributed by atoms with van der Waals surface area (Å²) >= 11 is 6.62. The Morgan fingerprint density at radius 2 is 1.63 bits per heavy atom. The van der Waals surface area contributed by atoms with E-state index in [-0.39, 0.29) is 17.0 Å². The fourth-order valence-corrected chi connectivity index (χ4v) is 6.46. The summed E-state index contributed by atoms with van der Waals surface area (Å²) in [5.41, 5.74) is 5.03. The zero-order valence-electron chi connectivity index (χ0n) is 30.8. The zero-order valence-corrected chi connectivity index (χ0v) is 32.6. The van der Waals surface area contributed by atoms with Crippen molar-refractivity contribution in [1.29, 1.82) is 0 Å². The maximum atomic E-state index is 13.0. The van der Waals surface area contributed by atoms with E-state index in [9.17, 15) is 9.59 Å². The normalized spacial score (nSPS) is 12.3. The van der Waals surface area contributed by atoms with Crippen molar-refractivity contribution in [2.45, 2.75) is 123 Å². The molecule has 0 heterocycles. The molecule has 7 nitrogen and oxygen atoms in total. The topological polar surface area (TPSA) is 85.9 Å². The Morgan fingerprint density at radius 1 is 0.898 bits per heavy atom. The molecule has 0 aliphatic carbocycles. The lowest BCUT2D eigenvalue weighted by Gasteiger charge is -2.36. The summed E-state index contributed by atoms with van der Waals surface area (Å²) in [6.07, 6.45) is 7.36. The van der Waals surface area contributed by atoms with Gasteiger partial charge in [-0.25, -0.2) is 4.79 Å². The minimum absolute atomic E-state index is 0.0827. The number of unbranched alkanes of at least 4 members (excludes halogenated alkanes) is 3. The fourth-order valence-electron chi connectivity index (χ4n) is 5.28. The van der Waals surface area contributed by atoms with Crippen molar-refractivity contribution in [2.75, 3.05) is 17.7 Å². The van der Waals surface area contributed by atoms with E-state index in [1.807, 2.05) is 48.5 Å². The first-order chi connectivity index (χ1) is 23.3. The Hall–Kier alpha value is -3.33. The predicted molar refractivity (Wildman–Crippen MR) is 206 cm³/mol. The molecule has 2 amide bonds. The van der Waals surface area contributed by atoms with E-state index in [1.54, 1.807) is 13.2 Å². The van der Waals surface area contributed by atoms with Crippen molar-refractivity contribution in [3.05, 3.63) is 76.8 Å². The fraction of sp³-hybridized carbons (Fsp3) is 0.500.